The number of hydrogen-bond acceptors (Lipinski definition) is 3. The maximum absolute atomic E-state index is 4.69. The molecule has 3 rings (SSSR count). The number of benzene rings is 1. The van der Waals surface area contributed by atoms with Crippen LogP contribution in [0.2, 0.25) is 0 Å². The van der Waals surface area contributed by atoms with Gasteiger partial charge in [0, 0.05) is 35.2 Å². The summed E-state index contributed by atoms with van der Waals surface area (Å²) >= 11 is 1.81. The van der Waals surface area contributed by atoms with Gasteiger partial charge in [0.25, 0.3) is 0 Å². The van der Waals surface area contributed by atoms with Crippen molar-refractivity contribution >= 4 is 41.3 Å². The van der Waals surface area contributed by atoms with Crippen LogP contribution in [0.25, 0.3) is 0 Å². The molecule has 2 N–H and O–H groups in total. The zero-order valence-corrected chi connectivity index (χ0v) is 18.8. The van der Waals surface area contributed by atoms with Crippen molar-refractivity contribution in [1.29, 1.82) is 0 Å². The predicted molar refractivity (Wildman–Crippen MR) is 124 cm³/mol. The second-order valence-corrected chi connectivity index (χ2v) is 7.49. The number of aromatic nitrogens is 2. The monoisotopic (exact) mass is 495 g/mol. The minimum Gasteiger partial charge on any atom is -0.357 e. The average Bonchev–Trinajstić information content (AvgIpc) is 3.30. The van der Waals surface area contributed by atoms with Crippen molar-refractivity contribution in [1.82, 2.24) is 20.2 Å². The number of aliphatic imine (C=N–C) groups is 1. The summed E-state index contributed by atoms with van der Waals surface area (Å²) in [6, 6.07) is 12.9. The summed E-state index contributed by atoms with van der Waals surface area (Å²) in [5.41, 5.74) is 2.46. The molecule has 0 atom stereocenters. The van der Waals surface area contributed by atoms with Gasteiger partial charge in [0.15, 0.2) is 5.96 Å². The molecule has 0 aliphatic heterocycles. The summed E-state index contributed by atoms with van der Waals surface area (Å²) in [6.45, 7) is 7.35. The Morgan fingerprint density at radius 1 is 1.11 bits per heavy atom. The van der Waals surface area contributed by atoms with Gasteiger partial charge in [-0.2, -0.15) is 0 Å². The summed E-state index contributed by atoms with van der Waals surface area (Å²) in [6.07, 6.45) is 5.61. The summed E-state index contributed by atoms with van der Waals surface area (Å²) in [7, 11) is 0. The van der Waals surface area contributed by atoms with E-state index < -0.39 is 0 Å². The van der Waals surface area contributed by atoms with Crippen LogP contribution >= 0.6 is 35.3 Å². The highest BCUT2D eigenvalue weighted by molar-refractivity contribution is 14.0. The van der Waals surface area contributed by atoms with Gasteiger partial charge in [-0.3, -0.25) is 0 Å². The molecule has 2 aromatic heterocycles. The molecule has 0 saturated carbocycles. The molecule has 0 spiro atoms. The molecule has 7 heteroatoms. The molecule has 1 aromatic carbocycles. The van der Waals surface area contributed by atoms with Crippen LogP contribution in [-0.2, 0) is 19.6 Å². The lowest BCUT2D eigenvalue weighted by Crippen LogP contribution is -2.36. The van der Waals surface area contributed by atoms with E-state index in [0.29, 0.717) is 6.54 Å². The molecular weight excluding hydrogens is 469 g/mol. The van der Waals surface area contributed by atoms with Crippen LogP contribution in [0, 0.1) is 6.92 Å². The van der Waals surface area contributed by atoms with E-state index in [1.807, 2.05) is 23.9 Å². The summed E-state index contributed by atoms with van der Waals surface area (Å²) in [5.74, 6) is 0.848. The molecule has 144 valence electrons. The van der Waals surface area contributed by atoms with Crippen LogP contribution in [0.15, 0.2) is 60.1 Å². The number of nitrogens with zero attached hydrogens (tertiary/aromatic N) is 3. The highest BCUT2D eigenvalue weighted by Crippen LogP contribution is 2.14. The first kappa shape index (κ1) is 21.4. The van der Waals surface area contributed by atoms with Gasteiger partial charge in [-0.15, -0.1) is 35.3 Å². The minimum atomic E-state index is 0. The van der Waals surface area contributed by atoms with E-state index >= 15 is 0 Å². The number of hydrogen-bond donors (Lipinski definition) is 2. The number of thiophene rings is 1. The van der Waals surface area contributed by atoms with Gasteiger partial charge in [-0.1, -0.05) is 24.3 Å². The number of aryl methyl sites for hydroxylation is 1. The fourth-order valence-electron chi connectivity index (χ4n) is 2.60. The van der Waals surface area contributed by atoms with E-state index in [2.05, 4.69) is 70.4 Å². The molecule has 0 aliphatic carbocycles. The molecular formula is C20H26IN5S. The van der Waals surface area contributed by atoms with Gasteiger partial charge in [-0.05, 0) is 37.1 Å². The van der Waals surface area contributed by atoms with Gasteiger partial charge in [-0.25, -0.2) is 9.98 Å². The number of imidazole rings is 1. The zero-order chi connectivity index (χ0) is 18.2. The van der Waals surface area contributed by atoms with Gasteiger partial charge in [0.2, 0.25) is 0 Å². The van der Waals surface area contributed by atoms with Gasteiger partial charge in [0.1, 0.15) is 0 Å². The third-order valence-corrected chi connectivity index (χ3v) is 4.94. The first-order valence-electron chi connectivity index (χ1n) is 8.84. The SMILES string of the molecule is CCNC(=NCc1ccc(Cn2ccnc2)cc1)NCc1ccc(C)s1.I. The highest BCUT2D eigenvalue weighted by Gasteiger charge is 2.01. The Morgan fingerprint density at radius 3 is 2.52 bits per heavy atom. The lowest BCUT2D eigenvalue weighted by Gasteiger charge is -2.10. The number of nitrogens with one attached hydrogen (secondary N) is 2. The quantitative estimate of drug-likeness (QED) is 0.294. The Labute approximate surface area is 182 Å². The topological polar surface area (TPSA) is 54.2 Å². The fraction of sp³-hybridized carbons (Fsp3) is 0.300. The van der Waals surface area contributed by atoms with E-state index in [-0.39, 0.29) is 24.0 Å². The lowest BCUT2D eigenvalue weighted by molar-refractivity contribution is 0.796. The van der Waals surface area contributed by atoms with E-state index in [1.165, 1.54) is 20.9 Å². The van der Waals surface area contributed by atoms with Gasteiger partial charge in [0.05, 0.1) is 19.4 Å². The van der Waals surface area contributed by atoms with Crippen LogP contribution in [0.5, 0.6) is 0 Å². The molecule has 0 bridgehead atoms. The minimum absolute atomic E-state index is 0. The number of guanidine groups is 1. The Bertz CT molecular complexity index is 824. The predicted octanol–water partition coefficient (Wildman–Crippen LogP) is 4.17. The smallest absolute Gasteiger partial charge is 0.191 e. The Hall–Kier alpha value is -1.87. The molecule has 0 radical (unpaired) electrons. The normalized spacial score (nSPS) is 11.1. The number of halogens is 1. The third kappa shape index (κ3) is 6.99. The molecule has 3 aromatic rings. The van der Waals surface area contributed by atoms with Crippen molar-refractivity contribution < 1.29 is 0 Å². The van der Waals surface area contributed by atoms with E-state index in [9.17, 15) is 0 Å². The standard InChI is InChI=1S/C20H25N5S.HI/c1-3-22-20(24-13-19-9-4-16(2)26-19)23-12-17-5-7-18(8-6-17)14-25-11-10-21-15-25;/h4-11,15H,3,12-14H2,1-2H3,(H2,22,23,24);1H. The van der Waals surface area contributed by atoms with Crippen molar-refractivity contribution in [3.05, 3.63) is 76.0 Å². The van der Waals surface area contributed by atoms with Crippen LogP contribution in [0.1, 0.15) is 27.8 Å². The van der Waals surface area contributed by atoms with Crippen LogP contribution in [0.4, 0.5) is 0 Å². The highest BCUT2D eigenvalue weighted by atomic mass is 127. The maximum Gasteiger partial charge on any atom is 0.191 e. The zero-order valence-electron chi connectivity index (χ0n) is 15.7. The summed E-state index contributed by atoms with van der Waals surface area (Å²) < 4.78 is 2.06. The van der Waals surface area contributed by atoms with Crippen molar-refractivity contribution in [2.75, 3.05) is 6.54 Å². The van der Waals surface area contributed by atoms with Crippen molar-refractivity contribution in [3.8, 4) is 0 Å². The second-order valence-electron chi connectivity index (χ2n) is 6.11. The molecule has 0 aliphatic rings. The lowest BCUT2D eigenvalue weighted by atomic mass is 10.1. The molecule has 0 amide bonds. The van der Waals surface area contributed by atoms with Crippen molar-refractivity contribution in [2.45, 2.75) is 33.5 Å². The van der Waals surface area contributed by atoms with Gasteiger partial charge >= 0.3 is 0 Å². The third-order valence-electron chi connectivity index (χ3n) is 3.94. The van der Waals surface area contributed by atoms with E-state index in [1.54, 1.807) is 6.20 Å². The first-order valence-corrected chi connectivity index (χ1v) is 9.65. The Morgan fingerprint density at radius 2 is 1.89 bits per heavy atom. The average molecular weight is 495 g/mol. The molecule has 27 heavy (non-hydrogen) atoms. The summed E-state index contributed by atoms with van der Waals surface area (Å²) in [4.78, 5) is 11.4. The van der Waals surface area contributed by atoms with Crippen molar-refractivity contribution in [2.24, 2.45) is 4.99 Å². The largest absolute Gasteiger partial charge is 0.357 e. The Balaban J connectivity index is 0.00000261. The molecule has 0 fully saturated rings. The molecule has 5 nitrogen and oxygen atoms in total. The fourth-order valence-corrected chi connectivity index (χ4v) is 3.43. The molecule has 0 saturated heterocycles. The van der Waals surface area contributed by atoms with Crippen LogP contribution in [-0.4, -0.2) is 22.1 Å². The van der Waals surface area contributed by atoms with E-state index in [4.69, 9.17) is 4.99 Å². The van der Waals surface area contributed by atoms with Crippen LogP contribution < -0.4 is 10.6 Å². The second kappa shape index (κ2) is 11.1. The van der Waals surface area contributed by atoms with Crippen molar-refractivity contribution in [3.63, 3.8) is 0 Å². The molecule has 0 unspecified atom stereocenters. The Kier molecular flexibility index (Phi) is 8.80. The summed E-state index contributed by atoms with van der Waals surface area (Å²) in [5, 5.41) is 6.70. The molecule has 2 heterocycles. The maximum atomic E-state index is 4.69. The number of rotatable bonds is 7. The van der Waals surface area contributed by atoms with Gasteiger partial charge < -0.3 is 15.2 Å². The first-order chi connectivity index (χ1) is 12.7. The van der Waals surface area contributed by atoms with Crippen LogP contribution in [0.3, 0.4) is 0 Å². The van der Waals surface area contributed by atoms with E-state index in [0.717, 1.165) is 25.6 Å².